The minimum absolute atomic E-state index is 0.0882. The number of ether oxygens (including phenoxy) is 1. The largest absolute Gasteiger partial charge is 0.377 e. The molecule has 0 radical (unpaired) electrons. The molecule has 16 heavy (non-hydrogen) atoms. The molecule has 2 atom stereocenters. The summed E-state index contributed by atoms with van der Waals surface area (Å²) in [5.41, 5.74) is 0.995. The molecular weight excluding hydrogens is 202 g/mol. The van der Waals surface area contributed by atoms with Crippen LogP contribution in [0.2, 0.25) is 0 Å². The van der Waals surface area contributed by atoms with Gasteiger partial charge in [-0.3, -0.25) is 9.78 Å². The van der Waals surface area contributed by atoms with E-state index in [-0.39, 0.29) is 17.8 Å². The molecule has 2 unspecified atom stereocenters. The molecule has 0 bridgehead atoms. The van der Waals surface area contributed by atoms with E-state index in [1.807, 2.05) is 12.1 Å². The van der Waals surface area contributed by atoms with Crippen LogP contribution in [0.4, 0.5) is 0 Å². The molecule has 1 aromatic rings. The average molecular weight is 219 g/mol. The van der Waals surface area contributed by atoms with Crippen LogP contribution >= 0.6 is 0 Å². The fraction of sp³-hybridized carbons (Fsp3) is 0.538. The Labute approximate surface area is 95.8 Å². The van der Waals surface area contributed by atoms with Gasteiger partial charge in [0.15, 0.2) is 0 Å². The van der Waals surface area contributed by atoms with Crippen molar-refractivity contribution in [1.29, 1.82) is 0 Å². The maximum atomic E-state index is 12.1. The zero-order valence-corrected chi connectivity index (χ0v) is 9.56. The molecule has 0 aliphatic carbocycles. The summed E-state index contributed by atoms with van der Waals surface area (Å²) in [5, 5.41) is 0. The lowest BCUT2D eigenvalue weighted by Crippen LogP contribution is -2.25. The first-order valence-corrected chi connectivity index (χ1v) is 5.84. The van der Waals surface area contributed by atoms with Crippen molar-refractivity contribution < 1.29 is 9.53 Å². The van der Waals surface area contributed by atoms with Gasteiger partial charge in [-0.1, -0.05) is 13.0 Å². The van der Waals surface area contributed by atoms with Crippen molar-refractivity contribution >= 4 is 5.78 Å². The fourth-order valence-corrected chi connectivity index (χ4v) is 2.25. The van der Waals surface area contributed by atoms with Gasteiger partial charge in [-0.2, -0.15) is 0 Å². The number of pyridine rings is 1. The Hall–Kier alpha value is -1.22. The van der Waals surface area contributed by atoms with E-state index in [0.717, 1.165) is 25.0 Å². The first kappa shape index (κ1) is 11.3. The molecule has 1 aliphatic rings. The number of carbonyl (C=O) groups excluding carboxylic acids is 1. The van der Waals surface area contributed by atoms with E-state index in [4.69, 9.17) is 4.74 Å². The molecule has 0 aromatic carbocycles. The van der Waals surface area contributed by atoms with E-state index in [9.17, 15) is 4.79 Å². The SMILES string of the molecule is CCC1OCCC1C(=O)Cc1cccnc1. The number of hydrogen-bond acceptors (Lipinski definition) is 3. The van der Waals surface area contributed by atoms with Crippen LogP contribution in [0.5, 0.6) is 0 Å². The summed E-state index contributed by atoms with van der Waals surface area (Å²) in [6.07, 6.45) is 5.89. The number of ketones is 1. The molecule has 1 aliphatic heterocycles. The Bertz CT molecular complexity index is 350. The zero-order chi connectivity index (χ0) is 11.4. The third kappa shape index (κ3) is 2.47. The van der Waals surface area contributed by atoms with Crippen LogP contribution in [0.15, 0.2) is 24.5 Å². The quantitative estimate of drug-likeness (QED) is 0.777. The Morgan fingerprint density at radius 1 is 1.62 bits per heavy atom. The fourth-order valence-electron chi connectivity index (χ4n) is 2.25. The maximum absolute atomic E-state index is 12.1. The minimum atomic E-state index is 0.0882. The van der Waals surface area contributed by atoms with E-state index < -0.39 is 0 Å². The van der Waals surface area contributed by atoms with Crippen molar-refractivity contribution in [2.24, 2.45) is 5.92 Å². The molecule has 1 fully saturated rings. The van der Waals surface area contributed by atoms with Crippen molar-refractivity contribution in [2.45, 2.75) is 32.3 Å². The zero-order valence-electron chi connectivity index (χ0n) is 9.56. The number of rotatable bonds is 4. The second-order valence-electron chi connectivity index (χ2n) is 4.22. The highest BCUT2D eigenvalue weighted by Gasteiger charge is 2.32. The molecule has 2 rings (SSSR count). The van der Waals surface area contributed by atoms with Crippen LogP contribution in [0, 0.1) is 5.92 Å². The van der Waals surface area contributed by atoms with Gasteiger partial charge in [0, 0.05) is 31.3 Å². The van der Waals surface area contributed by atoms with Gasteiger partial charge in [-0.15, -0.1) is 0 Å². The summed E-state index contributed by atoms with van der Waals surface area (Å²) in [4.78, 5) is 16.1. The Morgan fingerprint density at radius 3 is 3.19 bits per heavy atom. The molecule has 1 aromatic heterocycles. The van der Waals surface area contributed by atoms with E-state index in [1.165, 1.54) is 0 Å². The highest BCUT2D eigenvalue weighted by atomic mass is 16.5. The van der Waals surface area contributed by atoms with Gasteiger partial charge in [-0.05, 0) is 24.5 Å². The molecular formula is C13H17NO2. The first-order chi connectivity index (χ1) is 7.81. The van der Waals surface area contributed by atoms with Gasteiger partial charge in [0.25, 0.3) is 0 Å². The van der Waals surface area contributed by atoms with Crippen LogP contribution in [-0.4, -0.2) is 23.5 Å². The lowest BCUT2D eigenvalue weighted by Gasteiger charge is -2.15. The summed E-state index contributed by atoms with van der Waals surface area (Å²) < 4.78 is 5.54. The van der Waals surface area contributed by atoms with Crippen LogP contribution in [-0.2, 0) is 16.0 Å². The van der Waals surface area contributed by atoms with Crippen LogP contribution in [0.1, 0.15) is 25.3 Å². The van der Waals surface area contributed by atoms with Gasteiger partial charge in [-0.25, -0.2) is 0 Å². The minimum Gasteiger partial charge on any atom is -0.377 e. The van der Waals surface area contributed by atoms with Gasteiger partial charge in [0.2, 0.25) is 0 Å². The van der Waals surface area contributed by atoms with E-state index >= 15 is 0 Å². The van der Waals surface area contributed by atoms with Gasteiger partial charge in [0.1, 0.15) is 5.78 Å². The summed E-state index contributed by atoms with van der Waals surface area (Å²) in [6, 6.07) is 3.81. The Morgan fingerprint density at radius 2 is 2.50 bits per heavy atom. The normalized spacial score (nSPS) is 24.6. The number of hydrogen-bond donors (Lipinski definition) is 0. The molecule has 0 N–H and O–H groups in total. The Kier molecular flexibility index (Phi) is 3.67. The molecule has 3 nitrogen and oxygen atoms in total. The van der Waals surface area contributed by atoms with Gasteiger partial charge >= 0.3 is 0 Å². The van der Waals surface area contributed by atoms with Crippen molar-refractivity contribution in [1.82, 2.24) is 4.98 Å². The third-order valence-electron chi connectivity index (χ3n) is 3.13. The van der Waals surface area contributed by atoms with Crippen LogP contribution in [0.3, 0.4) is 0 Å². The van der Waals surface area contributed by atoms with Crippen LogP contribution in [0.25, 0.3) is 0 Å². The maximum Gasteiger partial charge on any atom is 0.143 e. The number of Topliss-reactive ketones (excluding diaryl/α,β-unsaturated/α-hetero) is 1. The van der Waals surface area contributed by atoms with Gasteiger partial charge in [0.05, 0.1) is 6.10 Å². The highest BCUT2D eigenvalue weighted by molar-refractivity contribution is 5.83. The molecule has 2 heterocycles. The molecule has 86 valence electrons. The Balaban J connectivity index is 1.98. The molecule has 3 heteroatoms. The second kappa shape index (κ2) is 5.21. The first-order valence-electron chi connectivity index (χ1n) is 5.84. The molecule has 0 amide bonds. The van der Waals surface area contributed by atoms with Crippen molar-refractivity contribution in [2.75, 3.05) is 6.61 Å². The monoisotopic (exact) mass is 219 g/mol. The summed E-state index contributed by atoms with van der Waals surface area (Å²) in [5.74, 6) is 0.377. The standard InChI is InChI=1S/C13H17NO2/c1-2-13-11(5-7-16-13)12(15)8-10-4-3-6-14-9-10/h3-4,6,9,11,13H,2,5,7-8H2,1H3. The van der Waals surface area contributed by atoms with E-state index in [0.29, 0.717) is 6.42 Å². The predicted octanol–water partition coefficient (Wildman–Crippen LogP) is 2.01. The lowest BCUT2D eigenvalue weighted by atomic mass is 9.91. The smallest absolute Gasteiger partial charge is 0.143 e. The molecule has 0 saturated carbocycles. The summed E-state index contributed by atoms with van der Waals surface area (Å²) in [6.45, 7) is 2.79. The second-order valence-corrected chi connectivity index (χ2v) is 4.22. The molecule has 1 saturated heterocycles. The van der Waals surface area contributed by atoms with Crippen LogP contribution < -0.4 is 0 Å². The summed E-state index contributed by atoms with van der Waals surface area (Å²) in [7, 11) is 0. The lowest BCUT2D eigenvalue weighted by molar-refractivity contribution is -0.123. The summed E-state index contributed by atoms with van der Waals surface area (Å²) >= 11 is 0. The van der Waals surface area contributed by atoms with E-state index in [1.54, 1.807) is 12.4 Å². The predicted molar refractivity (Wildman–Crippen MR) is 61.1 cm³/mol. The van der Waals surface area contributed by atoms with E-state index in [2.05, 4.69) is 11.9 Å². The molecule has 0 spiro atoms. The van der Waals surface area contributed by atoms with Crippen molar-refractivity contribution in [3.63, 3.8) is 0 Å². The number of aromatic nitrogens is 1. The topological polar surface area (TPSA) is 39.2 Å². The van der Waals surface area contributed by atoms with Crippen molar-refractivity contribution in [3.8, 4) is 0 Å². The number of nitrogens with zero attached hydrogens (tertiary/aromatic N) is 1. The number of carbonyl (C=O) groups is 1. The van der Waals surface area contributed by atoms with Crippen molar-refractivity contribution in [3.05, 3.63) is 30.1 Å². The highest BCUT2D eigenvalue weighted by Crippen LogP contribution is 2.25. The van der Waals surface area contributed by atoms with Gasteiger partial charge < -0.3 is 4.74 Å². The average Bonchev–Trinajstić information content (AvgIpc) is 2.78. The third-order valence-corrected chi connectivity index (χ3v) is 3.13.